The Hall–Kier alpha value is -0.510. The monoisotopic (exact) mass is 179 g/mol. The molecule has 0 N–H and O–H groups in total. The summed E-state index contributed by atoms with van der Waals surface area (Å²) in [5.41, 5.74) is 0.0620. The van der Waals surface area contributed by atoms with Gasteiger partial charge in [0, 0.05) is 0 Å². The first-order valence-corrected chi connectivity index (χ1v) is 5.74. The molecule has 1 fully saturated rings. The lowest BCUT2D eigenvalue weighted by Crippen LogP contribution is -2.17. The second kappa shape index (κ2) is 5.27. The normalized spacial score (nSPS) is 21.8. The van der Waals surface area contributed by atoms with Crippen molar-refractivity contribution >= 4 is 0 Å². The summed E-state index contributed by atoms with van der Waals surface area (Å²) in [7, 11) is 0. The highest BCUT2D eigenvalue weighted by molar-refractivity contribution is 4.99. The van der Waals surface area contributed by atoms with Gasteiger partial charge in [-0.3, -0.25) is 0 Å². The van der Waals surface area contributed by atoms with Crippen LogP contribution in [0.1, 0.15) is 64.7 Å². The fraction of sp³-hybridized carbons (Fsp3) is 0.917. The molecule has 1 aliphatic carbocycles. The summed E-state index contributed by atoms with van der Waals surface area (Å²) in [6, 6.07) is 2.59. The van der Waals surface area contributed by atoms with Crippen LogP contribution in [0.5, 0.6) is 0 Å². The molecular formula is C12H21N. The van der Waals surface area contributed by atoms with Crippen molar-refractivity contribution in [2.75, 3.05) is 0 Å². The molecule has 0 atom stereocenters. The Kier molecular flexibility index (Phi) is 4.28. The van der Waals surface area contributed by atoms with E-state index in [-0.39, 0.29) is 5.41 Å². The van der Waals surface area contributed by atoms with E-state index in [1.54, 1.807) is 0 Å². The summed E-state index contributed by atoms with van der Waals surface area (Å²) in [5, 5.41) is 9.24. The SMILES string of the molecule is CCCCC1(C#N)CCCCCC1. The molecule has 0 saturated heterocycles. The molecule has 0 unspecified atom stereocenters. The van der Waals surface area contributed by atoms with Crippen LogP contribution in [-0.2, 0) is 0 Å². The zero-order chi connectivity index (χ0) is 9.57. The Bertz CT molecular complexity index is 170. The van der Waals surface area contributed by atoms with Crippen LogP contribution >= 0.6 is 0 Å². The van der Waals surface area contributed by atoms with Crippen molar-refractivity contribution in [1.29, 1.82) is 5.26 Å². The minimum atomic E-state index is 0.0620. The number of nitriles is 1. The van der Waals surface area contributed by atoms with E-state index in [0.29, 0.717) is 0 Å². The van der Waals surface area contributed by atoms with Crippen LogP contribution in [0.25, 0.3) is 0 Å². The molecule has 1 aliphatic rings. The maximum absolute atomic E-state index is 9.24. The third-order valence-electron chi connectivity index (χ3n) is 3.31. The van der Waals surface area contributed by atoms with Crippen LogP contribution in [-0.4, -0.2) is 0 Å². The van der Waals surface area contributed by atoms with Crippen molar-refractivity contribution < 1.29 is 0 Å². The Balaban J connectivity index is 2.50. The summed E-state index contributed by atoms with van der Waals surface area (Å²) in [6.07, 6.45) is 11.1. The van der Waals surface area contributed by atoms with Gasteiger partial charge in [0.2, 0.25) is 0 Å². The van der Waals surface area contributed by atoms with Gasteiger partial charge < -0.3 is 0 Å². The summed E-state index contributed by atoms with van der Waals surface area (Å²) < 4.78 is 0. The van der Waals surface area contributed by atoms with Crippen molar-refractivity contribution in [2.24, 2.45) is 5.41 Å². The number of hydrogen-bond acceptors (Lipinski definition) is 1. The van der Waals surface area contributed by atoms with Crippen LogP contribution in [0.2, 0.25) is 0 Å². The molecule has 0 aliphatic heterocycles. The van der Waals surface area contributed by atoms with Gasteiger partial charge in [-0.15, -0.1) is 0 Å². The first kappa shape index (κ1) is 10.6. The Morgan fingerprint density at radius 1 is 1.15 bits per heavy atom. The van der Waals surface area contributed by atoms with E-state index >= 15 is 0 Å². The quantitative estimate of drug-likeness (QED) is 0.600. The van der Waals surface area contributed by atoms with Gasteiger partial charge in [-0.2, -0.15) is 5.26 Å². The summed E-state index contributed by atoms with van der Waals surface area (Å²) in [4.78, 5) is 0. The Morgan fingerprint density at radius 2 is 1.77 bits per heavy atom. The van der Waals surface area contributed by atoms with Crippen molar-refractivity contribution in [3.05, 3.63) is 0 Å². The van der Waals surface area contributed by atoms with E-state index in [4.69, 9.17) is 0 Å². The molecule has 74 valence electrons. The van der Waals surface area contributed by atoms with Gasteiger partial charge in [0.1, 0.15) is 0 Å². The molecule has 1 nitrogen and oxygen atoms in total. The molecule has 0 aromatic carbocycles. The van der Waals surface area contributed by atoms with Crippen molar-refractivity contribution in [3.63, 3.8) is 0 Å². The number of nitrogens with zero attached hydrogens (tertiary/aromatic N) is 1. The largest absolute Gasteiger partial charge is 0.198 e. The van der Waals surface area contributed by atoms with Gasteiger partial charge in [0.05, 0.1) is 11.5 Å². The summed E-state index contributed by atoms with van der Waals surface area (Å²) >= 11 is 0. The number of rotatable bonds is 3. The maximum atomic E-state index is 9.24. The first-order chi connectivity index (χ1) is 6.33. The molecule has 1 rings (SSSR count). The predicted molar refractivity (Wildman–Crippen MR) is 55.3 cm³/mol. The van der Waals surface area contributed by atoms with Crippen LogP contribution in [0.3, 0.4) is 0 Å². The third kappa shape index (κ3) is 3.03. The molecule has 1 saturated carbocycles. The van der Waals surface area contributed by atoms with Gasteiger partial charge in [-0.1, -0.05) is 45.4 Å². The van der Waals surface area contributed by atoms with E-state index in [2.05, 4.69) is 13.0 Å². The molecule has 0 amide bonds. The zero-order valence-corrected chi connectivity index (χ0v) is 8.81. The topological polar surface area (TPSA) is 23.8 Å². The highest BCUT2D eigenvalue weighted by Gasteiger charge is 2.29. The summed E-state index contributed by atoms with van der Waals surface area (Å²) in [6.45, 7) is 2.21. The first-order valence-electron chi connectivity index (χ1n) is 5.74. The second-order valence-electron chi connectivity index (χ2n) is 4.41. The van der Waals surface area contributed by atoms with Crippen LogP contribution < -0.4 is 0 Å². The van der Waals surface area contributed by atoms with Crippen molar-refractivity contribution in [3.8, 4) is 6.07 Å². The number of hydrogen-bond donors (Lipinski definition) is 0. The molecule has 0 bridgehead atoms. The lowest BCUT2D eigenvalue weighted by molar-refractivity contribution is 0.306. The van der Waals surface area contributed by atoms with Gasteiger partial charge >= 0.3 is 0 Å². The van der Waals surface area contributed by atoms with E-state index in [1.807, 2.05) is 0 Å². The standard InChI is InChI=1S/C12H21N/c1-2-3-8-12(11-13)9-6-4-5-7-10-12/h2-10H2,1H3. The van der Waals surface area contributed by atoms with Crippen LogP contribution in [0.15, 0.2) is 0 Å². The molecule has 13 heavy (non-hydrogen) atoms. The Labute approximate surface area is 82.1 Å². The highest BCUT2D eigenvalue weighted by Crippen LogP contribution is 2.38. The van der Waals surface area contributed by atoms with Gasteiger partial charge in [0.15, 0.2) is 0 Å². The van der Waals surface area contributed by atoms with Gasteiger partial charge in [-0.05, 0) is 19.3 Å². The van der Waals surface area contributed by atoms with Crippen LogP contribution in [0, 0.1) is 16.7 Å². The molecule has 0 heterocycles. The third-order valence-corrected chi connectivity index (χ3v) is 3.31. The number of unbranched alkanes of at least 4 members (excludes halogenated alkanes) is 1. The lowest BCUT2D eigenvalue weighted by atomic mass is 9.78. The average Bonchev–Trinajstić information content (AvgIpc) is 2.41. The fourth-order valence-corrected chi connectivity index (χ4v) is 2.34. The minimum absolute atomic E-state index is 0.0620. The zero-order valence-electron chi connectivity index (χ0n) is 8.81. The molecular weight excluding hydrogens is 158 g/mol. The van der Waals surface area contributed by atoms with Crippen molar-refractivity contribution in [1.82, 2.24) is 0 Å². The fourth-order valence-electron chi connectivity index (χ4n) is 2.34. The summed E-state index contributed by atoms with van der Waals surface area (Å²) in [5.74, 6) is 0. The molecule has 0 spiro atoms. The second-order valence-corrected chi connectivity index (χ2v) is 4.41. The Morgan fingerprint density at radius 3 is 2.23 bits per heavy atom. The van der Waals surface area contributed by atoms with Gasteiger partial charge in [0.25, 0.3) is 0 Å². The average molecular weight is 179 g/mol. The van der Waals surface area contributed by atoms with E-state index < -0.39 is 0 Å². The molecule has 0 aromatic heterocycles. The van der Waals surface area contributed by atoms with E-state index in [0.717, 1.165) is 19.3 Å². The smallest absolute Gasteiger partial charge is 0.0689 e. The molecule has 1 heteroatoms. The molecule has 0 radical (unpaired) electrons. The predicted octanol–water partition coefficient (Wildman–Crippen LogP) is 4.04. The van der Waals surface area contributed by atoms with Crippen molar-refractivity contribution in [2.45, 2.75) is 64.7 Å². The maximum Gasteiger partial charge on any atom is 0.0689 e. The van der Waals surface area contributed by atoms with Crippen LogP contribution in [0.4, 0.5) is 0 Å². The highest BCUT2D eigenvalue weighted by atomic mass is 14.4. The molecule has 0 aromatic rings. The van der Waals surface area contributed by atoms with E-state index in [1.165, 1.54) is 38.5 Å². The van der Waals surface area contributed by atoms with E-state index in [9.17, 15) is 5.26 Å². The minimum Gasteiger partial charge on any atom is -0.198 e. The van der Waals surface area contributed by atoms with Gasteiger partial charge in [-0.25, -0.2) is 0 Å². The lowest BCUT2D eigenvalue weighted by Gasteiger charge is -2.24.